The Labute approximate surface area is 154 Å². The maximum atomic E-state index is 12.2. The van der Waals surface area contributed by atoms with Crippen LogP contribution in [0.4, 0.5) is 0 Å². The number of carbonyl (C=O) groups excluding carboxylic acids is 1. The molecule has 0 aliphatic heterocycles. The molecule has 5 nitrogen and oxygen atoms in total. The molecule has 0 heterocycles. The number of hydrogen-bond donors (Lipinski definition) is 2. The number of carbonyl (C=O) groups is 2. The average Bonchev–Trinajstić information content (AvgIpc) is 2.97. The van der Waals surface area contributed by atoms with Crippen LogP contribution in [0.2, 0.25) is 0 Å². The maximum Gasteiger partial charge on any atom is 0.329 e. The molecule has 0 unspecified atom stereocenters. The zero-order valence-corrected chi connectivity index (χ0v) is 14.9. The molecule has 0 aromatic heterocycles. The summed E-state index contributed by atoms with van der Waals surface area (Å²) in [4.78, 5) is 22.6. The molecule has 1 aliphatic rings. The molecule has 1 aromatic carbocycles. The van der Waals surface area contributed by atoms with Gasteiger partial charge in [-0.25, -0.2) is 4.79 Å². The molecule has 1 fully saturated rings. The van der Waals surface area contributed by atoms with Crippen LogP contribution in [0.25, 0.3) is 0 Å². The number of ketones is 1. The highest BCUT2D eigenvalue weighted by molar-refractivity contribution is 5.83. The number of carboxylic acid groups (broad SMARTS) is 1. The summed E-state index contributed by atoms with van der Waals surface area (Å²) in [5, 5.41) is 17.7. The molecule has 1 aliphatic carbocycles. The van der Waals surface area contributed by atoms with Gasteiger partial charge in [-0.3, -0.25) is 4.79 Å². The van der Waals surface area contributed by atoms with E-state index in [1.807, 2.05) is 18.2 Å². The van der Waals surface area contributed by atoms with Gasteiger partial charge in [0.25, 0.3) is 0 Å². The Balaban J connectivity index is 1.86. The minimum Gasteiger partial charge on any atom is -0.480 e. The van der Waals surface area contributed by atoms with E-state index in [9.17, 15) is 14.7 Å². The third kappa shape index (κ3) is 6.29. The first-order valence-electron chi connectivity index (χ1n) is 9.07. The zero-order valence-electron chi connectivity index (χ0n) is 14.9. The smallest absolute Gasteiger partial charge is 0.329 e. The summed E-state index contributed by atoms with van der Waals surface area (Å²) < 4.78 is 4.89. The first-order chi connectivity index (χ1) is 12.6. The second-order valence-corrected chi connectivity index (χ2v) is 6.60. The number of aliphatic hydroxyl groups is 1. The molecule has 2 atom stereocenters. The lowest BCUT2D eigenvalue weighted by atomic mass is 9.86. The van der Waals surface area contributed by atoms with E-state index in [4.69, 9.17) is 9.84 Å². The molecule has 0 saturated heterocycles. The van der Waals surface area contributed by atoms with E-state index in [0.717, 1.165) is 24.8 Å². The van der Waals surface area contributed by atoms with Gasteiger partial charge in [-0.15, -0.1) is 5.92 Å². The number of rotatable bonds is 9. The third-order valence-electron chi connectivity index (χ3n) is 4.86. The predicted octanol–water partition coefficient (Wildman–Crippen LogP) is 2.24. The van der Waals surface area contributed by atoms with Crippen molar-refractivity contribution < 1.29 is 24.5 Å². The normalized spacial score (nSPS) is 19.2. The Hall–Kier alpha value is -2.16. The van der Waals surface area contributed by atoms with Crippen molar-refractivity contribution in [3.05, 3.63) is 35.4 Å². The van der Waals surface area contributed by atoms with Gasteiger partial charge in [0.05, 0.1) is 0 Å². The molecule has 1 aromatic rings. The van der Waals surface area contributed by atoms with E-state index in [0.29, 0.717) is 25.0 Å². The SMILES string of the molecule is O=C(O)COCC#CC[C@H]1CCC(=O)[C@@H]1CCc1ccccc1CCO. The highest BCUT2D eigenvalue weighted by Crippen LogP contribution is 2.34. The largest absolute Gasteiger partial charge is 0.480 e. The molecule has 0 bridgehead atoms. The summed E-state index contributed by atoms with van der Waals surface area (Å²) in [5.41, 5.74) is 2.35. The average molecular weight is 358 g/mol. The molecule has 5 heteroatoms. The second kappa shape index (κ2) is 10.7. The van der Waals surface area contributed by atoms with Gasteiger partial charge in [-0.1, -0.05) is 30.2 Å². The van der Waals surface area contributed by atoms with E-state index in [2.05, 4.69) is 17.9 Å². The Morgan fingerprint density at radius 3 is 2.62 bits per heavy atom. The van der Waals surface area contributed by atoms with Crippen molar-refractivity contribution in [2.45, 2.75) is 38.5 Å². The molecule has 0 amide bonds. The number of hydrogen-bond acceptors (Lipinski definition) is 4. The molecular formula is C21H26O5. The number of ether oxygens (including phenoxy) is 1. The van der Waals surface area contributed by atoms with Gasteiger partial charge in [0.15, 0.2) is 0 Å². The third-order valence-corrected chi connectivity index (χ3v) is 4.86. The fraction of sp³-hybridized carbons (Fsp3) is 0.524. The predicted molar refractivity (Wildman–Crippen MR) is 97.6 cm³/mol. The summed E-state index contributed by atoms with van der Waals surface area (Å²) in [6.07, 6.45) is 4.41. The number of carboxylic acids is 1. The van der Waals surface area contributed by atoms with Crippen LogP contribution in [0.3, 0.4) is 0 Å². The molecule has 0 spiro atoms. The molecule has 26 heavy (non-hydrogen) atoms. The fourth-order valence-corrected chi connectivity index (χ4v) is 3.54. The summed E-state index contributed by atoms with van der Waals surface area (Å²) in [7, 11) is 0. The van der Waals surface area contributed by atoms with E-state index in [1.165, 1.54) is 5.56 Å². The topological polar surface area (TPSA) is 83.8 Å². The van der Waals surface area contributed by atoms with Crippen LogP contribution >= 0.6 is 0 Å². The van der Waals surface area contributed by atoms with Crippen LogP contribution in [0.1, 0.15) is 36.8 Å². The van der Waals surface area contributed by atoms with Crippen LogP contribution < -0.4 is 0 Å². The van der Waals surface area contributed by atoms with Crippen molar-refractivity contribution in [1.29, 1.82) is 0 Å². The van der Waals surface area contributed by atoms with E-state index in [1.54, 1.807) is 0 Å². The lowest BCUT2D eigenvalue weighted by Gasteiger charge is -2.17. The molecular weight excluding hydrogens is 332 g/mol. The number of Topliss-reactive ketones (excluding diaryl/α,β-unsaturated/α-hetero) is 1. The Morgan fingerprint density at radius 1 is 1.19 bits per heavy atom. The van der Waals surface area contributed by atoms with Crippen molar-refractivity contribution in [3.8, 4) is 11.8 Å². The summed E-state index contributed by atoms with van der Waals surface area (Å²) in [6.45, 7) is -0.111. The highest BCUT2D eigenvalue weighted by Gasteiger charge is 2.33. The number of aliphatic carboxylic acids is 1. The van der Waals surface area contributed by atoms with E-state index < -0.39 is 5.97 Å². The van der Waals surface area contributed by atoms with Gasteiger partial charge in [0.2, 0.25) is 0 Å². The number of aliphatic hydroxyl groups excluding tert-OH is 1. The Bertz CT molecular complexity index is 670. The molecule has 140 valence electrons. The first-order valence-corrected chi connectivity index (χ1v) is 9.07. The minimum atomic E-state index is -1.00. The second-order valence-electron chi connectivity index (χ2n) is 6.60. The van der Waals surface area contributed by atoms with Gasteiger partial charge in [0, 0.05) is 25.4 Å². The fourth-order valence-electron chi connectivity index (χ4n) is 3.54. The first kappa shape index (κ1) is 20.2. The van der Waals surface area contributed by atoms with E-state index >= 15 is 0 Å². The van der Waals surface area contributed by atoms with Crippen LogP contribution in [0.15, 0.2) is 24.3 Å². The molecule has 2 rings (SSSR count). The quantitative estimate of drug-likeness (QED) is 0.522. The number of benzene rings is 1. The summed E-state index contributed by atoms with van der Waals surface area (Å²) >= 11 is 0. The lowest BCUT2D eigenvalue weighted by molar-refractivity contribution is -0.141. The summed E-state index contributed by atoms with van der Waals surface area (Å²) in [5.74, 6) is 5.47. The zero-order chi connectivity index (χ0) is 18.8. The van der Waals surface area contributed by atoms with Gasteiger partial charge in [-0.2, -0.15) is 0 Å². The Morgan fingerprint density at radius 2 is 1.92 bits per heavy atom. The van der Waals surface area contributed by atoms with Gasteiger partial charge in [0.1, 0.15) is 19.0 Å². The Kier molecular flexibility index (Phi) is 8.33. The van der Waals surface area contributed by atoms with Gasteiger partial charge in [-0.05, 0) is 42.7 Å². The van der Waals surface area contributed by atoms with Crippen molar-refractivity contribution in [2.24, 2.45) is 11.8 Å². The standard InChI is InChI=1S/C21H26O5/c22-13-12-17-6-2-1-5-16(17)8-10-19-18(9-11-20(19)23)7-3-4-14-26-15-21(24)25/h1-2,5-6,18-19,22H,7-15H2,(H,24,25)/t18-,19+/m0/s1. The van der Waals surface area contributed by atoms with Crippen LogP contribution in [0, 0.1) is 23.7 Å². The van der Waals surface area contributed by atoms with Crippen molar-refractivity contribution in [2.75, 3.05) is 19.8 Å². The van der Waals surface area contributed by atoms with Crippen molar-refractivity contribution in [1.82, 2.24) is 0 Å². The lowest BCUT2D eigenvalue weighted by Crippen LogP contribution is -2.16. The van der Waals surface area contributed by atoms with Crippen LogP contribution in [-0.4, -0.2) is 41.8 Å². The van der Waals surface area contributed by atoms with Crippen molar-refractivity contribution in [3.63, 3.8) is 0 Å². The molecule has 2 N–H and O–H groups in total. The van der Waals surface area contributed by atoms with E-state index in [-0.39, 0.29) is 31.7 Å². The minimum absolute atomic E-state index is 0.0337. The van der Waals surface area contributed by atoms with Crippen LogP contribution in [0.5, 0.6) is 0 Å². The van der Waals surface area contributed by atoms with Crippen LogP contribution in [-0.2, 0) is 27.2 Å². The number of aryl methyl sites for hydroxylation is 1. The van der Waals surface area contributed by atoms with Gasteiger partial charge < -0.3 is 14.9 Å². The highest BCUT2D eigenvalue weighted by atomic mass is 16.5. The monoisotopic (exact) mass is 358 g/mol. The molecule has 1 saturated carbocycles. The maximum absolute atomic E-state index is 12.2. The van der Waals surface area contributed by atoms with Gasteiger partial charge >= 0.3 is 5.97 Å². The summed E-state index contributed by atoms with van der Waals surface area (Å²) in [6, 6.07) is 8.06. The molecule has 0 radical (unpaired) electrons. The van der Waals surface area contributed by atoms with Crippen molar-refractivity contribution >= 4 is 11.8 Å².